The maximum atomic E-state index is 10.6. The molecule has 22 heavy (non-hydrogen) atoms. The monoisotopic (exact) mass is 300 g/mol. The van der Waals surface area contributed by atoms with Gasteiger partial charge in [0.25, 0.3) is 0 Å². The van der Waals surface area contributed by atoms with E-state index >= 15 is 0 Å². The Morgan fingerprint density at radius 1 is 0.909 bits per heavy atom. The van der Waals surface area contributed by atoms with Crippen LogP contribution in [0.1, 0.15) is 34.0 Å². The quantitative estimate of drug-likeness (QED) is 0.674. The van der Waals surface area contributed by atoms with E-state index in [1.807, 2.05) is 0 Å². The van der Waals surface area contributed by atoms with Crippen LogP contribution in [0.5, 0.6) is 5.75 Å². The van der Waals surface area contributed by atoms with Gasteiger partial charge in [0.05, 0.1) is 0 Å². The van der Waals surface area contributed by atoms with Crippen LogP contribution in [0.15, 0.2) is 42.5 Å². The highest BCUT2D eigenvalue weighted by Gasteiger charge is 2.10. The first-order valence-corrected chi connectivity index (χ1v) is 6.85. The minimum absolute atomic E-state index is 0.0160. The summed E-state index contributed by atoms with van der Waals surface area (Å²) < 4.78 is 4.69. The fourth-order valence-corrected chi connectivity index (χ4v) is 2.09. The number of aromatic carboxylic acids is 1. The van der Waals surface area contributed by atoms with Crippen molar-refractivity contribution >= 4 is 11.9 Å². The van der Waals surface area contributed by atoms with Crippen molar-refractivity contribution in [2.45, 2.75) is 27.7 Å². The summed E-state index contributed by atoms with van der Waals surface area (Å²) in [6.07, 6.45) is 0. The number of ether oxygens (including phenoxy) is 1. The van der Waals surface area contributed by atoms with Gasteiger partial charge in [0, 0.05) is 6.92 Å². The maximum Gasteiger partial charge on any atom is 0.339 e. The number of carbonyl (C=O) groups is 2. The smallest absolute Gasteiger partial charge is 0.339 e. The summed E-state index contributed by atoms with van der Waals surface area (Å²) in [5.74, 6) is -1.58. The second-order valence-corrected chi connectivity index (χ2v) is 5.06. The molecule has 0 aliphatic carbocycles. The van der Waals surface area contributed by atoms with Crippen LogP contribution in [0.2, 0.25) is 0 Å². The first kappa shape index (κ1) is 17.4. The van der Waals surface area contributed by atoms with Crippen molar-refractivity contribution in [1.29, 1.82) is 0 Å². The molecule has 0 saturated heterocycles. The van der Waals surface area contributed by atoms with Crippen LogP contribution in [-0.2, 0) is 4.79 Å². The topological polar surface area (TPSA) is 63.6 Å². The third kappa shape index (κ3) is 5.79. The second-order valence-electron chi connectivity index (χ2n) is 5.06. The lowest BCUT2D eigenvalue weighted by Gasteiger charge is -2.03. The van der Waals surface area contributed by atoms with E-state index in [4.69, 9.17) is 5.11 Å². The van der Waals surface area contributed by atoms with Crippen LogP contribution in [-0.4, -0.2) is 17.0 Å². The van der Waals surface area contributed by atoms with Gasteiger partial charge < -0.3 is 9.84 Å². The fourth-order valence-electron chi connectivity index (χ4n) is 2.09. The van der Waals surface area contributed by atoms with Crippen molar-refractivity contribution in [3.8, 4) is 5.75 Å². The van der Waals surface area contributed by atoms with Crippen LogP contribution in [0.3, 0.4) is 0 Å². The molecule has 0 radical (unpaired) electrons. The molecule has 0 amide bonds. The Labute approximate surface area is 130 Å². The zero-order chi connectivity index (χ0) is 16.7. The Morgan fingerprint density at radius 3 is 1.77 bits per heavy atom. The third-order valence-electron chi connectivity index (χ3n) is 2.74. The van der Waals surface area contributed by atoms with Crippen molar-refractivity contribution in [3.63, 3.8) is 0 Å². The standard InChI is InChI=1S/C9H8O4.C9H12/c1-6(10)13-8-5-3-2-4-7(8)9(11)12;1-7-4-8(2)6-9(3)5-7/h2-5H,1H3,(H,11,12);4-6H,1-3H3. The van der Waals surface area contributed by atoms with Gasteiger partial charge in [-0.15, -0.1) is 0 Å². The summed E-state index contributed by atoms with van der Waals surface area (Å²) in [4.78, 5) is 21.2. The molecule has 4 heteroatoms. The summed E-state index contributed by atoms with van der Waals surface area (Å²) in [7, 11) is 0. The van der Waals surface area contributed by atoms with Crippen LogP contribution in [0.25, 0.3) is 0 Å². The Morgan fingerprint density at radius 2 is 1.36 bits per heavy atom. The molecule has 0 unspecified atom stereocenters. The van der Waals surface area contributed by atoms with Crippen molar-refractivity contribution in [2.75, 3.05) is 0 Å². The molecule has 2 rings (SSSR count). The molecule has 1 N–H and O–H groups in total. The SMILES string of the molecule is CC(=O)Oc1ccccc1C(=O)O.Cc1cc(C)cc(C)c1. The number of esters is 1. The lowest BCUT2D eigenvalue weighted by atomic mass is 10.1. The molecular weight excluding hydrogens is 280 g/mol. The third-order valence-corrected chi connectivity index (χ3v) is 2.74. The number of hydrogen-bond acceptors (Lipinski definition) is 3. The van der Waals surface area contributed by atoms with E-state index in [2.05, 4.69) is 43.7 Å². The number of carboxylic acids is 1. The first-order valence-electron chi connectivity index (χ1n) is 6.85. The minimum Gasteiger partial charge on any atom is -0.478 e. The van der Waals surface area contributed by atoms with Crippen molar-refractivity contribution in [2.24, 2.45) is 0 Å². The number of carboxylic acid groups (broad SMARTS) is 1. The van der Waals surface area contributed by atoms with Gasteiger partial charge in [-0.1, -0.05) is 47.0 Å². The first-order chi connectivity index (χ1) is 10.3. The average molecular weight is 300 g/mol. The molecule has 4 nitrogen and oxygen atoms in total. The van der Waals surface area contributed by atoms with Crippen LogP contribution < -0.4 is 4.74 Å². The van der Waals surface area contributed by atoms with E-state index in [1.165, 1.54) is 35.7 Å². The summed E-state index contributed by atoms with van der Waals surface area (Å²) in [5.41, 5.74) is 4.05. The molecule has 2 aromatic rings. The second kappa shape index (κ2) is 7.98. The highest BCUT2D eigenvalue weighted by Crippen LogP contribution is 2.17. The van der Waals surface area contributed by atoms with E-state index in [0.29, 0.717) is 0 Å². The van der Waals surface area contributed by atoms with Gasteiger partial charge in [-0.25, -0.2) is 4.79 Å². The van der Waals surface area contributed by atoms with Crippen LogP contribution in [0, 0.1) is 20.8 Å². The number of rotatable bonds is 2. The Bertz CT molecular complexity index is 624. The predicted molar refractivity (Wildman–Crippen MR) is 85.4 cm³/mol. The van der Waals surface area contributed by atoms with E-state index in [-0.39, 0.29) is 11.3 Å². The van der Waals surface area contributed by atoms with E-state index in [1.54, 1.807) is 12.1 Å². The number of aryl methyl sites for hydroxylation is 3. The molecule has 2 aromatic carbocycles. The molecule has 0 bridgehead atoms. The van der Waals surface area contributed by atoms with Crippen LogP contribution in [0.4, 0.5) is 0 Å². The lowest BCUT2D eigenvalue weighted by molar-refractivity contribution is -0.131. The molecule has 0 fully saturated rings. The molecule has 0 aliphatic rings. The summed E-state index contributed by atoms with van der Waals surface area (Å²) in [5, 5.41) is 8.69. The zero-order valence-electron chi connectivity index (χ0n) is 13.2. The summed E-state index contributed by atoms with van der Waals surface area (Å²) >= 11 is 0. The Balaban J connectivity index is 0.000000235. The fraction of sp³-hybridized carbons (Fsp3) is 0.222. The van der Waals surface area contributed by atoms with Crippen molar-refractivity contribution in [3.05, 3.63) is 64.7 Å². The molecule has 0 aliphatic heterocycles. The Hall–Kier alpha value is -2.62. The average Bonchev–Trinajstić information content (AvgIpc) is 2.37. The van der Waals surface area contributed by atoms with Crippen molar-refractivity contribution < 1.29 is 19.4 Å². The molecule has 116 valence electrons. The molecule has 0 aromatic heterocycles. The lowest BCUT2D eigenvalue weighted by Crippen LogP contribution is -2.06. The van der Waals surface area contributed by atoms with Gasteiger partial charge in [0.15, 0.2) is 0 Å². The van der Waals surface area contributed by atoms with Gasteiger partial charge in [0.2, 0.25) is 0 Å². The molecule has 0 atom stereocenters. The molecular formula is C18H20O4. The number of para-hydroxylation sites is 1. The van der Waals surface area contributed by atoms with Gasteiger partial charge in [-0.2, -0.15) is 0 Å². The van der Waals surface area contributed by atoms with E-state index < -0.39 is 11.9 Å². The number of benzene rings is 2. The van der Waals surface area contributed by atoms with Gasteiger partial charge in [-0.3, -0.25) is 4.79 Å². The van der Waals surface area contributed by atoms with Gasteiger partial charge >= 0.3 is 11.9 Å². The minimum atomic E-state index is -1.11. The normalized spacial score (nSPS) is 9.45. The van der Waals surface area contributed by atoms with Crippen LogP contribution >= 0.6 is 0 Å². The zero-order valence-corrected chi connectivity index (χ0v) is 13.2. The largest absolute Gasteiger partial charge is 0.478 e. The van der Waals surface area contributed by atoms with E-state index in [9.17, 15) is 9.59 Å². The molecule has 0 heterocycles. The number of carbonyl (C=O) groups excluding carboxylic acids is 1. The molecule has 0 spiro atoms. The number of hydrogen-bond donors (Lipinski definition) is 1. The highest BCUT2D eigenvalue weighted by molar-refractivity contribution is 5.91. The van der Waals surface area contributed by atoms with E-state index in [0.717, 1.165) is 0 Å². The summed E-state index contributed by atoms with van der Waals surface area (Å²) in [6, 6.07) is 12.5. The van der Waals surface area contributed by atoms with Gasteiger partial charge in [0.1, 0.15) is 11.3 Å². The molecule has 0 saturated carbocycles. The summed E-state index contributed by atoms with van der Waals surface area (Å²) in [6.45, 7) is 7.60. The maximum absolute atomic E-state index is 10.6. The Kier molecular flexibility index (Phi) is 6.32. The van der Waals surface area contributed by atoms with Gasteiger partial charge in [-0.05, 0) is 32.9 Å². The predicted octanol–water partition coefficient (Wildman–Crippen LogP) is 3.92. The van der Waals surface area contributed by atoms with Crippen molar-refractivity contribution in [1.82, 2.24) is 0 Å². The highest BCUT2D eigenvalue weighted by atomic mass is 16.5.